The molecule has 1 atom stereocenters. The monoisotopic (exact) mass is 237 g/mol. The van der Waals surface area contributed by atoms with Gasteiger partial charge in [-0.3, -0.25) is 10.5 Å². The SMILES string of the molecule is Cc1cnc(N[C@@H](CC(C)(C)C=O)C([NH])=O)[nH]1. The molecule has 0 fully saturated rings. The number of aldehydes is 1. The summed E-state index contributed by atoms with van der Waals surface area (Å²) >= 11 is 0. The van der Waals surface area contributed by atoms with Crippen molar-refractivity contribution in [2.45, 2.75) is 33.2 Å². The van der Waals surface area contributed by atoms with Crippen LogP contribution in [0.2, 0.25) is 0 Å². The highest BCUT2D eigenvalue weighted by Gasteiger charge is 2.27. The van der Waals surface area contributed by atoms with E-state index in [1.807, 2.05) is 6.92 Å². The van der Waals surface area contributed by atoms with Crippen LogP contribution in [-0.2, 0) is 9.59 Å². The number of aromatic amines is 1. The standard InChI is InChI=1S/C11H17N4O2/c1-7-5-13-10(14-7)15-8(9(12)17)4-11(2,3)6-16/h5-6,8,12H,4H2,1-3H3,(H2,13,14,15)/t8-/m0/s1. The smallest absolute Gasteiger partial charge is 0.260 e. The Morgan fingerprint density at radius 2 is 2.35 bits per heavy atom. The number of rotatable bonds is 6. The summed E-state index contributed by atoms with van der Waals surface area (Å²) in [5.41, 5.74) is 7.40. The number of hydrogen-bond donors (Lipinski definition) is 2. The summed E-state index contributed by atoms with van der Waals surface area (Å²) < 4.78 is 0. The third-order valence-electron chi connectivity index (χ3n) is 2.38. The fourth-order valence-corrected chi connectivity index (χ4v) is 1.43. The Kier molecular flexibility index (Phi) is 3.88. The number of amides is 1. The van der Waals surface area contributed by atoms with Crippen molar-refractivity contribution >= 4 is 18.1 Å². The topological polar surface area (TPSA) is 98.7 Å². The van der Waals surface area contributed by atoms with Gasteiger partial charge in [0.05, 0.1) is 0 Å². The summed E-state index contributed by atoms with van der Waals surface area (Å²) in [6, 6.07) is -0.735. The Labute approximate surface area is 100.0 Å². The predicted octanol–water partition coefficient (Wildman–Crippen LogP) is 0.923. The maximum Gasteiger partial charge on any atom is 0.260 e. The van der Waals surface area contributed by atoms with Gasteiger partial charge in [-0.05, 0) is 13.3 Å². The third-order valence-corrected chi connectivity index (χ3v) is 2.38. The second-order valence-corrected chi connectivity index (χ2v) is 4.79. The van der Waals surface area contributed by atoms with E-state index in [0.717, 1.165) is 12.0 Å². The molecular weight excluding hydrogens is 220 g/mol. The predicted molar refractivity (Wildman–Crippen MR) is 63.3 cm³/mol. The van der Waals surface area contributed by atoms with E-state index in [1.54, 1.807) is 20.0 Å². The van der Waals surface area contributed by atoms with Gasteiger partial charge in [-0.15, -0.1) is 0 Å². The first kappa shape index (κ1) is 13.2. The highest BCUT2D eigenvalue weighted by atomic mass is 16.1. The van der Waals surface area contributed by atoms with E-state index in [1.165, 1.54) is 0 Å². The first-order valence-corrected chi connectivity index (χ1v) is 5.34. The third kappa shape index (κ3) is 3.90. The summed E-state index contributed by atoms with van der Waals surface area (Å²) in [5.74, 6) is -0.316. The normalized spacial score (nSPS) is 13.1. The van der Waals surface area contributed by atoms with Crippen molar-refractivity contribution < 1.29 is 9.59 Å². The molecule has 1 aromatic heterocycles. The number of carbonyl (C=O) groups excluding carboxylic acids is 2. The van der Waals surface area contributed by atoms with Crippen LogP contribution in [0.1, 0.15) is 26.0 Å². The Morgan fingerprint density at radius 1 is 1.71 bits per heavy atom. The summed E-state index contributed by atoms with van der Waals surface area (Å²) in [6.45, 7) is 5.29. The number of nitrogens with one attached hydrogen (secondary N) is 3. The van der Waals surface area contributed by atoms with Gasteiger partial charge in [0.15, 0.2) is 0 Å². The maximum atomic E-state index is 11.2. The fraction of sp³-hybridized carbons (Fsp3) is 0.545. The van der Waals surface area contributed by atoms with Gasteiger partial charge < -0.3 is 15.1 Å². The summed E-state index contributed by atoms with van der Waals surface area (Å²) in [5, 5.41) is 2.83. The lowest BCUT2D eigenvalue weighted by Gasteiger charge is -2.22. The van der Waals surface area contributed by atoms with E-state index < -0.39 is 17.4 Å². The summed E-state index contributed by atoms with van der Waals surface area (Å²) in [4.78, 5) is 28.9. The molecule has 1 radical (unpaired) electrons. The van der Waals surface area contributed by atoms with E-state index in [-0.39, 0.29) is 6.42 Å². The minimum Gasteiger partial charge on any atom is -0.344 e. The molecule has 0 spiro atoms. The van der Waals surface area contributed by atoms with E-state index in [9.17, 15) is 9.59 Å². The number of carbonyl (C=O) groups is 2. The highest BCUT2D eigenvalue weighted by Crippen LogP contribution is 2.20. The van der Waals surface area contributed by atoms with Crippen LogP contribution in [0, 0.1) is 12.3 Å². The lowest BCUT2D eigenvalue weighted by atomic mass is 9.87. The molecule has 0 unspecified atom stereocenters. The van der Waals surface area contributed by atoms with E-state index >= 15 is 0 Å². The Balaban J connectivity index is 2.74. The molecule has 93 valence electrons. The minimum atomic E-state index is -0.756. The van der Waals surface area contributed by atoms with Crippen LogP contribution in [0.15, 0.2) is 6.20 Å². The summed E-state index contributed by atoms with van der Waals surface area (Å²) in [6.07, 6.45) is 2.68. The van der Waals surface area contributed by atoms with Gasteiger partial charge >= 0.3 is 0 Å². The van der Waals surface area contributed by atoms with Crippen LogP contribution in [0.25, 0.3) is 0 Å². The average Bonchev–Trinajstić information content (AvgIpc) is 2.63. The quantitative estimate of drug-likeness (QED) is 0.719. The maximum absolute atomic E-state index is 11.2. The van der Waals surface area contributed by atoms with Gasteiger partial charge in [0, 0.05) is 17.3 Å². The van der Waals surface area contributed by atoms with Crippen LogP contribution < -0.4 is 11.1 Å². The molecule has 0 saturated heterocycles. The van der Waals surface area contributed by atoms with Crippen LogP contribution in [0.4, 0.5) is 5.95 Å². The van der Waals surface area contributed by atoms with Gasteiger partial charge in [0.2, 0.25) is 5.95 Å². The molecule has 1 aromatic rings. The Bertz CT molecular complexity index is 411. The van der Waals surface area contributed by atoms with Gasteiger partial charge in [-0.2, -0.15) is 0 Å². The van der Waals surface area contributed by atoms with E-state index in [4.69, 9.17) is 5.73 Å². The number of imidazole rings is 1. The molecule has 6 heteroatoms. The zero-order valence-electron chi connectivity index (χ0n) is 10.2. The highest BCUT2D eigenvalue weighted by molar-refractivity contribution is 5.82. The summed E-state index contributed by atoms with van der Waals surface area (Å²) in [7, 11) is 0. The molecule has 17 heavy (non-hydrogen) atoms. The van der Waals surface area contributed by atoms with Crippen LogP contribution >= 0.6 is 0 Å². The second-order valence-electron chi connectivity index (χ2n) is 4.79. The zero-order valence-corrected chi connectivity index (χ0v) is 10.2. The molecule has 6 nitrogen and oxygen atoms in total. The number of nitrogens with zero attached hydrogens (tertiary/aromatic N) is 1. The molecule has 3 N–H and O–H groups in total. The van der Waals surface area contributed by atoms with Crippen LogP contribution in [0.3, 0.4) is 0 Å². The van der Waals surface area contributed by atoms with Crippen LogP contribution in [-0.4, -0.2) is 28.2 Å². The molecule has 0 aliphatic heterocycles. The first-order chi connectivity index (χ1) is 7.84. The minimum absolute atomic E-state index is 0.262. The second kappa shape index (κ2) is 4.99. The van der Waals surface area contributed by atoms with Crippen molar-refractivity contribution in [3.05, 3.63) is 11.9 Å². The molecule has 0 aliphatic carbocycles. The number of aromatic nitrogens is 2. The number of H-pyrrole nitrogens is 1. The van der Waals surface area contributed by atoms with Gasteiger partial charge in [0.1, 0.15) is 12.3 Å². The zero-order chi connectivity index (χ0) is 13.1. The lowest BCUT2D eigenvalue weighted by Crippen LogP contribution is -2.36. The van der Waals surface area contributed by atoms with E-state index in [0.29, 0.717) is 5.95 Å². The van der Waals surface area contributed by atoms with E-state index in [2.05, 4.69) is 15.3 Å². The lowest BCUT2D eigenvalue weighted by molar-refractivity contribution is -0.121. The molecule has 0 aromatic carbocycles. The van der Waals surface area contributed by atoms with Crippen molar-refractivity contribution in [3.63, 3.8) is 0 Å². The number of aryl methyl sites for hydroxylation is 1. The molecule has 1 heterocycles. The van der Waals surface area contributed by atoms with Crippen molar-refractivity contribution in [1.82, 2.24) is 15.7 Å². The van der Waals surface area contributed by atoms with Crippen LogP contribution in [0.5, 0.6) is 0 Å². The largest absolute Gasteiger partial charge is 0.344 e. The van der Waals surface area contributed by atoms with Gasteiger partial charge in [-0.25, -0.2) is 4.98 Å². The van der Waals surface area contributed by atoms with Gasteiger partial charge in [-0.1, -0.05) is 13.8 Å². The number of anilines is 1. The van der Waals surface area contributed by atoms with Crippen molar-refractivity contribution in [2.24, 2.45) is 5.41 Å². The van der Waals surface area contributed by atoms with Crippen molar-refractivity contribution in [2.75, 3.05) is 5.32 Å². The molecule has 0 aliphatic rings. The molecule has 0 bridgehead atoms. The Morgan fingerprint density at radius 3 is 2.76 bits per heavy atom. The average molecular weight is 237 g/mol. The molecule has 0 saturated carbocycles. The van der Waals surface area contributed by atoms with Gasteiger partial charge in [0.25, 0.3) is 5.91 Å². The Hall–Kier alpha value is -1.85. The number of hydrogen-bond acceptors (Lipinski definition) is 4. The molecule has 1 rings (SSSR count). The van der Waals surface area contributed by atoms with Crippen molar-refractivity contribution in [3.8, 4) is 0 Å². The van der Waals surface area contributed by atoms with Crippen molar-refractivity contribution in [1.29, 1.82) is 0 Å². The fourth-order valence-electron chi connectivity index (χ4n) is 1.43. The first-order valence-electron chi connectivity index (χ1n) is 5.34. The molecule has 1 amide bonds. The molecular formula is C11H17N4O2.